The van der Waals surface area contributed by atoms with Crippen LogP contribution in [0.3, 0.4) is 0 Å². The van der Waals surface area contributed by atoms with Gasteiger partial charge in [0.15, 0.2) is 0 Å². The molecular weight excluding hydrogens is 230 g/mol. The van der Waals surface area contributed by atoms with Crippen molar-refractivity contribution >= 4 is 0 Å². The fraction of sp³-hybridized carbons (Fsp3) is 1.00. The molecule has 1 heteroatoms. The zero-order chi connectivity index (χ0) is 13.7. The summed E-state index contributed by atoms with van der Waals surface area (Å²) in [6.45, 7) is 5.70. The van der Waals surface area contributed by atoms with Crippen molar-refractivity contribution < 1.29 is 0 Å². The van der Waals surface area contributed by atoms with E-state index in [0.29, 0.717) is 0 Å². The fourth-order valence-corrected chi connectivity index (χ4v) is 5.15. The Hall–Kier alpha value is -0.0400. The van der Waals surface area contributed by atoms with Gasteiger partial charge in [0.2, 0.25) is 0 Å². The first-order valence-electron chi connectivity index (χ1n) is 9.00. The highest BCUT2D eigenvalue weighted by Crippen LogP contribution is 2.47. The van der Waals surface area contributed by atoms with E-state index < -0.39 is 0 Å². The minimum atomic E-state index is 0.838. The van der Waals surface area contributed by atoms with Gasteiger partial charge < -0.3 is 5.73 Å². The molecule has 112 valence electrons. The van der Waals surface area contributed by atoms with E-state index >= 15 is 0 Å². The molecule has 0 spiro atoms. The molecule has 5 atom stereocenters. The molecule has 0 aromatic carbocycles. The van der Waals surface area contributed by atoms with E-state index in [2.05, 4.69) is 13.8 Å². The molecule has 0 radical (unpaired) electrons. The molecule has 2 N–H and O–H groups in total. The Labute approximate surface area is 120 Å². The highest BCUT2D eigenvalue weighted by Gasteiger charge is 2.38. The average molecular weight is 265 g/mol. The van der Waals surface area contributed by atoms with E-state index in [1.807, 2.05) is 0 Å². The van der Waals surface area contributed by atoms with Crippen LogP contribution in [0.5, 0.6) is 0 Å². The van der Waals surface area contributed by atoms with Crippen molar-refractivity contribution in [1.82, 2.24) is 0 Å². The number of hydrogen-bond donors (Lipinski definition) is 1. The Morgan fingerprint density at radius 2 is 1.68 bits per heavy atom. The van der Waals surface area contributed by atoms with Crippen LogP contribution in [0.4, 0.5) is 0 Å². The van der Waals surface area contributed by atoms with Gasteiger partial charge in [0.05, 0.1) is 0 Å². The minimum absolute atomic E-state index is 0.838. The van der Waals surface area contributed by atoms with Crippen molar-refractivity contribution in [2.75, 3.05) is 6.54 Å². The van der Waals surface area contributed by atoms with Crippen molar-refractivity contribution in [2.24, 2.45) is 35.3 Å². The van der Waals surface area contributed by atoms with Gasteiger partial charge in [-0.2, -0.15) is 0 Å². The Morgan fingerprint density at radius 1 is 0.895 bits per heavy atom. The summed E-state index contributed by atoms with van der Waals surface area (Å²) in [5.41, 5.74) is 6.11. The molecule has 1 nitrogen and oxygen atoms in total. The number of nitrogens with two attached hydrogens (primary N) is 1. The van der Waals surface area contributed by atoms with Crippen molar-refractivity contribution in [1.29, 1.82) is 0 Å². The summed E-state index contributed by atoms with van der Waals surface area (Å²) in [7, 11) is 0. The zero-order valence-corrected chi connectivity index (χ0v) is 13.2. The molecule has 0 aliphatic heterocycles. The summed E-state index contributed by atoms with van der Waals surface area (Å²) in [6.07, 6.45) is 14.5. The fourth-order valence-electron chi connectivity index (χ4n) is 5.15. The smallest absolute Gasteiger partial charge is 0.00461 e. The molecule has 2 saturated carbocycles. The van der Waals surface area contributed by atoms with Gasteiger partial charge in [-0.05, 0) is 55.4 Å². The third-order valence-electron chi connectivity index (χ3n) is 6.20. The van der Waals surface area contributed by atoms with Crippen LogP contribution in [0.15, 0.2) is 0 Å². The highest BCUT2D eigenvalue weighted by atomic mass is 14.6. The normalized spacial score (nSPS) is 40.3. The van der Waals surface area contributed by atoms with Crippen LogP contribution in [0.25, 0.3) is 0 Å². The summed E-state index contributed by atoms with van der Waals surface area (Å²) >= 11 is 0. The van der Waals surface area contributed by atoms with Crippen LogP contribution in [0.1, 0.15) is 78.1 Å². The average Bonchev–Trinajstić information content (AvgIpc) is 2.47. The highest BCUT2D eigenvalue weighted by molar-refractivity contribution is 4.89. The van der Waals surface area contributed by atoms with Gasteiger partial charge in [-0.1, -0.05) is 58.8 Å². The van der Waals surface area contributed by atoms with Crippen LogP contribution >= 0.6 is 0 Å². The lowest BCUT2D eigenvalue weighted by atomic mass is 9.61. The third kappa shape index (κ3) is 3.74. The van der Waals surface area contributed by atoms with E-state index in [-0.39, 0.29) is 0 Å². The monoisotopic (exact) mass is 265 g/mol. The molecule has 0 aromatic rings. The standard InChI is InChI=1S/C18H35N/c1-3-7-14-10-11-16(13-19)18(12-14)17-9-6-5-8-15(17)4-2/h14-18H,3-13,19H2,1-2H3. The lowest BCUT2D eigenvalue weighted by molar-refractivity contribution is 0.0580. The molecule has 5 unspecified atom stereocenters. The Bertz CT molecular complexity index is 250. The van der Waals surface area contributed by atoms with E-state index in [4.69, 9.17) is 5.73 Å². The number of rotatable bonds is 5. The molecule has 2 rings (SSSR count). The molecule has 0 aromatic heterocycles. The van der Waals surface area contributed by atoms with Gasteiger partial charge in [-0.3, -0.25) is 0 Å². The largest absolute Gasteiger partial charge is 0.330 e. The summed E-state index contributed by atoms with van der Waals surface area (Å²) in [4.78, 5) is 0. The maximum atomic E-state index is 6.11. The molecule has 2 aliphatic rings. The second-order valence-corrected chi connectivity index (χ2v) is 7.24. The summed E-state index contributed by atoms with van der Waals surface area (Å²) < 4.78 is 0. The molecule has 0 heterocycles. The van der Waals surface area contributed by atoms with E-state index in [0.717, 1.165) is 36.1 Å². The summed E-state index contributed by atoms with van der Waals surface area (Å²) in [5.74, 6) is 4.82. The van der Waals surface area contributed by atoms with Crippen LogP contribution < -0.4 is 5.73 Å². The van der Waals surface area contributed by atoms with Gasteiger partial charge in [-0.25, -0.2) is 0 Å². The molecule has 2 fully saturated rings. The second-order valence-electron chi connectivity index (χ2n) is 7.24. The molecule has 0 bridgehead atoms. The van der Waals surface area contributed by atoms with Gasteiger partial charge in [0.25, 0.3) is 0 Å². The predicted molar refractivity (Wildman–Crippen MR) is 84.0 cm³/mol. The van der Waals surface area contributed by atoms with Crippen LogP contribution in [0.2, 0.25) is 0 Å². The first-order valence-corrected chi connectivity index (χ1v) is 9.00. The minimum Gasteiger partial charge on any atom is -0.330 e. The Morgan fingerprint density at radius 3 is 2.37 bits per heavy atom. The van der Waals surface area contributed by atoms with Crippen LogP contribution in [0, 0.1) is 29.6 Å². The molecule has 0 saturated heterocycles. The second kappa shape index (κ2) is 7.67. The van der Waals surface area contributed by atoms with Gasteiger partial charge in [-0.15, -0.1) is 0 Å². The third-order valence-corrected chi connectivity index (χ3v) is 6.20. The SMILES string of the molecule is CCCC1CCC(CN)C(C2CCCCC2CC)C1. The van der Waals surface area contributed by atoms with Crippen LogP contribution in [-0.2, 0) is 0 Å². The van der Waals surface area contributed by atoms with Crippen molar-refractivity contribution in [3.05, 3.63) is 0 Å². The first kappa shape index (κ1) is 15.4. The topological polar surface area (TPSA) is 26.0 Å². The quantitative estimate of drug-likeness (QED) is 0.744. The van der Waals surface area contributed by atoms with Crippen molar-refractivity contribution in [3.8, 4) is 0 Å². The lowest BCUT2D eigenvalue weighted by Crippen LogP contribution is -2.38. The van der Waals surface area contributed by atoms with Gasteiger partial charge >= 0.3 is 0 Å². The predicted octanol–water partition coefficient (Wildman–Crippen LogP) is 4.99. The summed E-state index contributed by atoms with van der Waals surface area (Å²) in [6, 6.07) is 0. The van der Waals surface area contributed by atoms with E-state index in [9.17, 15) is 0 Å². The first-order chi connectivity index (χ1) is 9.30. The molecular formula is C18H35N. The van der Waals surface area contributed by atoms with Gasteiger partial charge in [0, 0.05) is 0 Å². The summed E-state index contributed by atoms with van der Waals surface area (Å²) in [5, 5.41) is 0. The molecule has 0 amide bonds. The maximum Gasteiger partial charge on any atom is -0.00461 e. The van der Waals surface area contributed by atoms with Crippen molar-refractivity contribution in [3.63, 3.8) is 0 Å². The lowest BCUT2D eigenvalue weighted by Gasteiger charge is -2.45. The van der Waals surface area contributed by atoms with Crippen molar-refractivity contribution in [2.45, 2.75) is 78.1 Å². The number of hydrogen-bond acceptors (Lipinski definition) is 1. The van der Waals surface area contributed by atoms with Gasteiger partial charge in [0.1, 0.15) is 0 Å². The Kier molecular flexibility index (Phi) is 6.19. The van der Waals surface area contributed by atoms with Crippen LogP contribution in [-0.4, -0.2) is 6.54 Å². The Balaban J connectivity index is 2.03. The molecule has 2 aliphatic carbocycles. The van der Waals surface area contributed by atoms with E-state index in [1.165, 1.54) is 64.2 Å². The zero-order valence-electron chi connectivity index (χ0n) is 13.2. The van der Waals surface area contributed by atoms with E-state index in [1.54, 1.807) is 0 Å². The maximum absolute atomic E-state index is 6.11. The molecule has 19 heavy (non-hydrogen) atoms.